The van der Waals surface area contributed by atoms with Crippen LogP contribution in [0.2, 0.25) is 0 Å². The van der Waals surface area contributed by atoms with Crippen LogP contribution in [0.4, 0.5) is 0 Å². The summed E-state index contributed by atoms with van der Waals surface area (Å²) in [7, 11) is 0. The molecule has 0 unspecified atom stereocenters. The highest BCUT2D eigenvalue weighted by Crippen LogP contribution is 2.31. The van der Waals surface area contributed by atoms with Gasteiger partial charge in [-0.25, -0.2) is 4.98 Å². The van der Waals surface area contributed by atoms with E-state index in [4.69, 9.17) is 14.2 Å². The average molecular weight is 424 g/mol. The van der Waals surface area contributed by atoms with Gasteiger partial charge in [-0.3, -0.25) is 9.59 Å². The summed E-state index contributed by atoms with van der Waals surface area (Å²) in [5.74, 6) is 0.930. The van der Waals surface area contributed by atoms with Crippen LogP contribution in [0.5, 0.6) is 11.5 Å². The van der Waals surface area contributed by atoms with E-state index >= 15 is 0 Å². The molecule has 7 heteroatoms. The van der Waals surface area contributed by atoms with Gasteiger partial charge in [0.2, 0.25) is 0 Å². The molecule has 7 nitrogen and oxygen atoms in total. The summed E-state index contributed by atoms with van der Waals surface area (Å²) in [6.45, 7) is 3.11. The number of esters is 1. The van der Waals surface area contributed by atoms with Crippen LogP contribution in [0.3, 0.4) is 0 Å². The zero-order chi connectivity index (χ0) is 21.9. The third-order valence-electron chi connectivity index (χ3n) is 4.78. The van der Waals surface area contributed by atoms with Crippen LogP contribution >= 0.6 is 0 Å². The lowest BCUT2D eigenvalue weighted by molar-refractivity contribution is -0.143. The second-order valence-corrected chi connectivity index (χ2v) is 7.14. The lowest BCUT2D eigenvalue weighted by Crippen LogP contribution is -2.08. The smallest absolute Gasteiger partial charge is 0.305 e. The minimum absolute atomic E-state index is 0.144. The average Bonchev–Trinajstić information content (AvgIpc) is 2.78. The number of aromatic amines is 1. The van der Waals surface area contributed by atoms with Crippen LogP contribution in [-0.4, -0.2) is 29.2 Å². The minimum atomic E-state index is -0.219. The number of benzene rings is 2. The van der Waals surface area contributed by atoms with Crippen LogP contribution in [0.1, 0.15) is 44.6 Å². The van der Waals surface area contributed by atoms with Crippen molar-refractivity contribution in [1.82, 2.24) is 9.97 Å². The second kappa shape index (κ2) is 11.7. The molecule has 0 aliphatic rings. The van der Waals surface area contributed by atoms with Gasteiger partial charge in [-0.2, -0.15) is 0 Å². The van der Waals surface area contributed by atoms with E-state index in [-0.39, 0.29) is 11.5 Å². The highest BCUT2D eigenvalue weighted by atomic mass is 16.5. The minimum Gasteiger partial charge on any atom is -0.490 e. The van der Waals surface area contributed by atoms with Crippen molar-refractivity contribution in [3.05, 3.63) is 64.7 Å². The summed E-state index contributed by atoms with van der Waals surface area (Å²) in [4.78, 5) is 30.3. The topological polar surface area (TPSA) is 90.5 Å². The van der Waals surface area contributed by atoms with E-state index in [1.165, 1.54) is 6.33 Å². The fraction of sp³-hybridized carbons (Fsp3) is 0.375. The van der Waals surface area contributed by atoms with Crippen molar-refractivity contribution in [2.45, 2.75) is 45.6 Å². The first-order valence-electron chi connectivity index (χ1n) is 10.6. The predicted octanol–water partition coefficient (Wildman–Crippen LogP) is 4.39. The van der Waals surface area contributed by atoms with E-state index in [1.54, 1.807) is 12.1 Å². The van der Waals surface area contributed by atoms with Crippen LogP contribution in [-0.2, 0) is 16.1 Å². The van der Waals surface area contributed by atoms with Crippen LogP contribution in [0.15, 0.2) is 53.6 Å². The number of ether oxygens (including phenoxy) is 3. The van der Waals surface area contributed by atoms with Gasteiger partial charge in [-0.05, 0) is 31.4 Å². The maximum Gasteiger partial charge on any atom is 0.305 e. The summed E-state index contributed by atoms with van der Waals surface area (Å²) in [5, 5.41) is 0.457. The van der Waals surface area contributed by atoms with Gasteiger partial charge in [-0.15, -0.1) is 0 Å². The Labute approximate surface area is 181 Å². The highest BCUT2D eigenvalue weighted by molar-refractivity contribution is 5.81. The summed E-state index contributed by atoms with van der Waals surface area (Å²) < 4.78 is 16.9. The van der Waals surface area contributed by atoms with Crippen molar-refractivity contribution in [2.75, 3.05) is 13.2 Å². The van der Waals surface area contributed by atoms with Crippen molar-refractivity contribution in [2.24, 2.45) is 0 Å². The molecule has 1 aromatic heterocycles. The Morgan fingerprint density at radius 2 is 1.77 bits per heavy atom. The van der Waals surface area contributed by atoms with Crippen molar-refractivity contribution in [3.8, 4) is 11.5 Å². The van der Waals surface area contributed by atoms with Gasteiger partial charge in [-0.1, -0.05) is 43.2 Å². The molecule has 31 heavy (non-hydrogen) atoms. The molecule has 0 saturated carbocycles. The second-order valence-electron chi connectivity index (χ2n) is 7.14. The number of unbranched alkanes of at least 4 members (excludes halogenated alkanes) is 3. The number of carbonyl (C=O) groups is 1. The molecule has 0 atom stereocenters. The van der Waals surface area contributed by atoms with Crippen molar-refractivity contribution < 1.29 is 19.0 Å². The molecule has 0 amide bonds. The lowest BCUT2D eigenvalue weighted by atomic mass is 10.1. The monoisotopic (exact) mass is 424 g/mol. The first-order chi connectivity index (χ1) is 15.2. The Bertz CT molecular complexity index is 1030. The maximum absolute atomic E-state index is 12.1. The fourth-order valence-electron chi connectivity index (χ4n) is 3.18. The number of rotatable bonds is 12. The molecule has 0 aliphatic heterocycles. The van der Waals surface area contributed by atoms with Gasteiger partial charge in [0, 0.05) is 12.5 Å². The zero-order valence-electron chi connectivity index (χ0n) is 17.8. The molecule has 0 fully saturated rings. The number of nitrogens with one attached hydrogen (secondary N) is 1. The van der Waals surface area contributed by atoms with Gasteiger partial charge in [0.15, 0.2) is 11.5 Å². The maximum atomic E-state index is 12.1. The third kappa shape index (κ3) is 6.84. The van der Waals surface area contributed by atoms with Gasteiger partial charge in [0.1, 0.15) is 6.61 Å². The van der Waals surface area contributed by atoms with Crippen molar-refractivity contribution in [1.29, 1.82) is 0 Å². The van der Waals surface area contributed by atoms with Gasteiger partial charge < -0.3 is 19.2 Å². The molecule has 0 saturated heterocycles. The summed E-state index contributed by atoms with van der Waals surface area (Å²) >= 11 is 0. The molecule has 3 aromatic rings. The number of hydrogen-bond acceptors (Lipinski definition) is 6. The number of hydrogen-bond donors (Lipinski definition) is 1. The molecule has 164 valence electrons. The highest BCUT2D eigenvalue weighted by Gasteiger charge is 2.11. The van der Waals surface area contributed by atoms with Crippen LogP contribution in [0, 0.1) is 0 Å². The largest absolute Gasteiger partial charge is 0.490 e. The number of carbonyl (C=O) groups excluding carboxylic acids is 1. The van der Waals surface area contributed by atoms with Crippen LogP contribution in [0.25, 0.3) is 10.9 Å². The molecule has 1 N–H and O–H groups in total. The van der Waals surface area contributed by atoms with Crippen molar-refractivity contribution in [3.63, 3.8) is 0 Å². The summed E-state index contributed by atoms with van der Waals surface area (Å²) in [6, 6.07) is 13.3. The third-order valence-corrected chi connectivity index (χ3v) is 4.78. The summed E-state index contributed by atoms with van der Waals surface area (Å²) in [6.07, 6.45) is 5.34. The SMILES string of the molecule is CCOC(=O)CCCCCCOc1cc2c(=O)[nH]cnc2cc1OCc1ccccc1. The quantitative estimate of drug-likeness (QED) is 0.342. The Kier molecular flexibility index (Phi) is 8.46. The first kappa shape index (κ1) is 22.3. The molecule has 1 heterocycles. The lowest BCUT2D eigenvalue weighted by Gasteiger charge is -2.14. The van der Waals surface area contributed by atoms with Gasteiger partial charge in [0.05, 0.1) is 30.4 Å². The molecular weight excluding hydrogens is 396 g/mol. The predicted molar refractivity (Wildman–Crippen MR) is 118 cm³/mol. The van der Waals surface area contributed by atoms with Gasteiger partial charge >= 0.3 is 5.97 Å². The zero-order valence-corrected chi connectivity index (χ0v) is 17.8. The standard InChI is InChI=1S/C24H28N2O5/c1-2-29-23(27)12-8-3-4-9-13-30-21-14-19-20(25-17-26-24(19)28)15-22(21)31-16-18-10-6-5-7-11-18/h5-7,10-11,14-15,17H,2-4,8-9,12-13,16H2,1H3,(H,25,26,28). The van der Waals surface area contributed by atoms with E-state index in [2.05, 4.69) is 9.97 Å². The van der Waals surface area contributed by atoms with E-state index < -0.39 is 0 Å². The van der Waals surface area contributed by atoms with Gasteiger partial charge in [0.25, 0.3) is 5.56 Å². The number of nitrogens with zero attached hydrogens (tertiary/aromatic N) is 1. The Morgan fingerprint density at radius 1 is 1.00 bits per heavy atom. The molecule has 0 bridgehead atoms. The normalized spacial score (nSPS) is 10.7. The molecular formula is C24H28N2O5. The molecule has 0 radical (unpaired) electrons. The van der Waals surface area contributed by atoms with E-state index in [0.29, 0.717) is 48.6 Å². The molecule has 3 rings (SSSR count). The molecule has 0 aliphatic carbocycles. The summed E-state index contributed by atoms with van der Waals surface area (Å²) in [5.41, 5.74) is 1.37. The molecule has 2 aromatic carbocycles. The Balaban J connectivity index is 1.59. The van der Waals surface area contributed by atoms with E-state index in [1.807, 2.05) is 37.3 Å². The first-order valence-corrected chi connectivity index (χ1v) is 10.6. The molecule has 0 spiro atoms. The Morgan fingerprint density at radius 3 is 2.58 bits per heavy atom. The number of fused-ring (bicyclic) bond motifs is 1. The van der Waals surface area contributed by atoms with Crippen LogP contribution < -0.4 is 15.0 Å². The Hall–Kier alpha value is -3.35. The van der Waals surface area contributed by atoms with Crippen molar-refractivity contribution >= 4 is 16.9 Å². The number of H-pyrrole nitrogens is 1. The van der Waals surface area contributed by atoms with E-state index in [9.17, 15) is 9.59 Å². The fourth-order valence-corrected chi connectivity index (χ4v) is 3.18. The number of aromatic nitrogens is 2. The van der Waals surface area contributed by atoms with E-state index in [0.717, 1.165) is 31.2 Å².